The number of carbonyl (C=O) groups is 2. The van der Waals surface area contributed by atoms with Gasteiger partial charge >= 0.3 is 0 Å². The Balaban J connectivity index is 5.95. The van der Waals surface area contributed by atoms with E-state index in [2.05, 4.69) is 0 Å². The van der Waals surface area contributed by atoms with Crippen LogP contribution in [0, 0.1) is 10.8 Å². The molecule has 0 saturated carbocycles. The molecule has 0 unspecified atom stereocenters. The van der Waals surface area contributed by atoms with Crippen LogP contribution in [0.4, 0.5) is 0 Å². The Morgan fingerprint density at radius 2 is 1.14 bits per heavy atom. The lowest BCUT2D eigenvalue weighted by Gasteiger charge is -2.49. The molecule has 22 heavy (non-hydrogen) atoms. The number of carbonyl (C=O) groups excluding carboxylic acids is 2. The first-order chi connectivity index (χ1) is 10.4. The minimum atomic E-state index is -1.34. The van der Waals surface area contributed by atoms with E-state index in [0.717, 1.165) is 0 Å². The van der Waals surface area contributed by atoms with Gasteiger partial charge in [-0.05, 0) is 37.5 Å². The van der Waals surface area contributed by atoms with Gasteiger partial charge in [0, 0.05) is 32.8 Å². The highest BCUT2D eigenvalue weighted by Crippen LogP contribution is 2.52. The molecule has 8 N–H and O–H groups in total. The highest BCUT2D eigenvalue weighted by Gasteiger charge is 2.53. The Morgan fingerprint density at radius 1 is 0.727 bits per heavy atom. The molecule has 0 fully saturated rings. The minimum absolute atomic E-state index is 0.0261. The number of hydrogen-bond acceptors (Lipinski definition) is 6. The summed E-state index contributed by atoms with van der Waals surface area (Å²) in [6.45, 7) is -1.27. The molecule has 0 aliphatic heterocycles. The third-order valence-corrected chi connectivity index (χ3v) is 4.59. The summed E-state index contributed by atoms with van der Waals surface area (Å²) < 4.78 is 0. The van der Waals surface area contributed by atoms with E-state index in [9.17, 15) is 30.0 Å². The van der Waals surface area contributed by atoms with E-state index in [1.54, 1.807) is 0 Å². The first-order valence-electron chi connectivity index (χ1n) is 7.37. The third kappa shape index (κ3) is 4.64. The molecule has 130 valence electrons. The first kappa shape index (κ1) is 20.8. The average molecular weight is 320 g/mol. The molecule has 0 radical (unpaired) electrons. The van der Waals surface area contributed by atoms with Crippen LogP contribution in [-0.2, 0) is 9.59 Å². The second-order valence-corrected chi connectivity index (χ2v) is 5.59. The van der Waals surface area contributed by atoms with Gasteiger partial charge in [0.2, 0.25) is 11.8 Å². The molecule has 0 spiro atoms. The van der Waals surface area contributed by atoms with Crippen LogP contribution in [-0.4, -0.2) is 58.7 Å². The Hall–Kier alpha value is -1.22. The van der Waals surface area contributed by atoms with E-state index < -0.39 is 22.6 Å². The zero-order valence-electron chi connectivity index (χ0n) is 12.8. The van der Waals surface area contributed by atoms with Crippen LogP contribution >= 0.6 is 0 Å². The minimum Gasteiger partial charge on any atom is -0.396 e. The molecular weight excluding hydrogens is 292 g/mol. The smallest absolute Gasteiger partial charge is 0.224 e. The highest BCUT2D eigenvalue weighted by atomic mass is 16.3. The van der Waals surface area contributed by atoms with E-state index in [4.69, 9.17) is 11.5 Å². The van der Waals surface area contributed by atoms with Crippen molar-refractivity contribution in [3.05, 3.63) is 0 Å². The van der Waals surface area contributed by atoms with Gasteiger partial charge in [0.1, 0.15) is 0 Å². The van der Waals surface area contributed by atoms with E-state index in [1.165, 1.54) is 0 Å². The largest absolute Gasteiger partial charge is 0.396 e. The molecule has 2 amide bonds. The summed E-state index contributed by atoms with van der Waals surface area (Å²) in [6, 6.07) is 0. The Bertz CT molecular complexity index is 349. The van der Waals surface area contributed by atoms with E-state index in [-0.39, 0.29) is 65.0 Å². The summed E-state index contributed by atoms with van der Waals surface area (Å²) in [4.78, 5) is 23.3. The molecule has 0 aromatic rings. The van der Waals surface area contributed by atoms with Crippen LogP contribution in [0.3, 0.4) is 0 Å². The van der Waals surface area contributed by atoms with Gasteiger partial charge in [0.05, 0.1) is 5.41 Å². The number of amides is 2. The van der Waals surface area contributed by atoms with Gasteiger partial charge in [0.25, 0.3) is 0 Å². The van der Waals surface area contributed by atoms with Crippen molar-refractivity contribution in [2.45, 2.75) is 38.5 Å². The van der Waals surface area contributed by atoms with Gasteiger partial charge in [0.15, 0.2) is 0 Å². The molecule has 0 rings (SSSR count). The third-order valence-electron chi connectivity index (χ3n) is 4.59. The quantitative estimate of drug-likeness (QED) is 0.235. The average Bonchev–Trinajstić information content (AvgIpc) is 2.44. The molecule has 0 aliphatic rings. The van der Waals surface area contributed by atoms with Gasteiger partial charge in [-0.3, -0.25) is 9.59 Å². The first-order valence-corrected chi connectivity index (χ1v) is 7.37. The molecular formula is C14H28N2O6. The van der Waals surface area contributed by atoms with Crippen LogP contribution in [0.2, 0.25) is 0 Å². The maximum absolute atomic E-state index is 12.2. The van der Waals surface area contributed by atoms with Crippen LogP contribution in [0.25, 0.3) is 0 Å². The lowest BCUT2D eigenvalue weighted by molar-refractivity contribution is -0.145. The second kappa shape index (κ2) is 9.73. The molecule has 0 aliphatic carbocycles. The zero-order chi connectivity index (χ0) is 17.2. The van der Waals surface area contributed by atoms with Crippen LogP contribution in [0.1, 0.15) is 38.5 Å². The molecule has 0 saturated heterocycles. The number of primary amides is 2. The lowest BCUT2D eigenvalue weighted by Crippen LogP contribution is -2.53. The number of nitrogens with two attached hydrogens (primary N) is 2. The fourth-order valence-electron chi connectivity index (χ4n) is 3.43. The lowest BCUT2D eigenvalue weighted by atomic mass is 9.54. The summed E-state index contributed by atoms with van der Waals surface area (Å²) in [5.74, 6) is -1.31. The summed E-state index contributed by atoms with van der Waals surface area (Å²) in [5, 5.41) is 37.5. The molecule has 0 bridgehead atoms. The van der Waals surface area contributed by atoms with Gasteiger partial charge in [-0.2, -0.15) is 0 Å². The standard InChI is InChI=1S/C14H28N2O6/c15-11(21)1-2-13(3-7-17,4-8-18)14(5-9-19,6-10-20)12(16)22/h17-20H,1-10H2,(H2,15,21)(H2,16,22). The van der Waals surface area contributed by atoms with Gasteiger partial charge in [-0.15, -0.1) is 0 Å². The van der Waals surface area contributed by atoms with Crippen molar-refractivity contribution in [1.29, 1.82) is 0 Å². The Morgan fingerprint density at radius 3 is 1.41 bits per heavy atom. The number of rotatable bonds is 13. The van der Waals surface area contributed by atoms with Crippen molar-refractivity contribution in [2.24, 2.45) is 22.3 Å². The molecule has 8 heteroatoms. The van der Waals surface area contributed by atoms with E-state index >= 15 is 0 Å². The number of hydrogen-bond donors (Lipinski definition) is 6. The van der Waals surface area contributed by atoms with Crippen molar-refractivity contribution in [3.8, 4) is 0 Å². The van der Waals surface area contributed by atoms with Crippen LogP contribution < -0.4 is 11.5 Å². The molecule has 0 atom stereocenters. The fraction of sp³-hybridized carbons (Fsp3) is 0.857. The predicted molar refractivity (Wildman–Crippen MR) is 79.3 cm³/mol. The summed E-state index contributed by atoms with van der Waals surface area (Å²) in [7, 11) is 0. The highest BCUT2D eigenvalue weighted by molar-refractivity contribution is 5.82. The van der Waals surface area contributed by atoms with Gasteiger partial charge in [-0.25, -0.2) is 0 Å². The Kier molecular flexibility index (Phi) is 9.19. The Labute approximate surface area is 130 Å². The second-order valence-electron chi connectivity index (χ2n) is 5.59. The zero-order valence-corrected chi connectivity index (χ0v) is 12.8. The van der Waals surface area contributed by atoms with Crippen LogP contribution in [0.15, 0.2) is 0 Å². The van der Waals surface area contributed by atoms with Crippen molar-refractivity contribution in [3.63, 3.8) is 0 Å². The monoisotopic (exact) mass is 320 g/mol. The maximum Gasteiger partial charge on any atom is 0.224 e. The topological polar surface area (TPSA) is 167 Å². The summed E-state index contributed by atoms with van der Waals surface area (Å²) in [6.07, 6.45) is 0.231. The van der Waals surface area contributed by atoms with Crippen molar-refractivity contribution < 1.29 is 30.0 Å². The van der Waals surface area contributed by atoms with Crippen molar-refractivity contribution in [1.82, 2.24) is 0 Å². The summed E-state index contributed by atoms with van der Waals surface area (Å²) in [5.41, 5.74) is 8.38. The van der Waals surface area contributed by atoms with Crippen molar-refractivity contribution >= 4 is 11.8 Å². The molecule has 8 nitrogen and oxygen atoms in total. The molecule has 0 aromatic heterocycles. The number of aliphatic hydroxyl groups excluding tert-OH is 4. The van der Waals surface area contributed by atoms with Gasteiger partial charge < -0.3 is 31.9 Å². The fourth-order valence-corrected chi connectivity index (χ4v) is 3.43. The van der Waals surface area contributed by atoms with E-state index in [1.807, 2.05) is 0 Å². The number of aliphatic hydroxyl groups is 4. The normalized spacial score (nSPS) is 12.4. The van der Waals surface area contributed by atoms with Gasteiger partial charge in [-0.1, -0.05) is 0 Å². The molecule has 0 aromatic carbocycles. The van der Waals surface area contributed by atoms with Crippen molar-refractivity contribution in [2.75, 3.05) is 26.4 Å². The van der Waals surface area contributed by atoms with Crippen LogP contribution in [0.5, 0.6) is 0 Å². The molecule has 0 heterocycles. The SMILES string of the molecule is NC(=O)CCC(CCO)(CCO)C(CCO)(CCO)C(N)=O. The van der Waals surface area contributed by atoms with E-state index in [0.29, 0.717) is 0 Å². The summed E-state index contributed by atoms with van der Waals surface area (Å²) >= 11 is 0. The maximum atomic E-state index is 12.2. The predicted octanol–water partition coefficient (Wildman–Crippen LogP) is -1.76.